The summed E-state index contributed by atoms with van der Waals surface area (Å²) in [5, 5.41) is 99.1. The topological polar surface area (TPSA) is 470 Å². The monoisotopic (exact) mass is 1470 g/mol. The Balaban J connectivity index is 1.49. The predicted octanol–water partition coefficient (Wildman–Crippen LogP) is 0.883. The normalized spacial score (nSPS) is 26.9. The van der Waals surface area contributed by atoms with E-state index in [2.05, 4.69) is 0 Å². The van der Waals surface area contributed by atoms with Gasteiger partial charge in [-0.25, -0.2) is 4.57 Å². The highest BCUT2D eigenvalue weighted by atomic mass is 31.2. The first-order valence-corrected chi connectivity index (χ1v) is 38.3. The van der Waals surface area contributed by atoms with Crippen molar-refractivity contribution in [1.82, 2.24) is 14.7 Å². The van der Waals surface area contributed by atoms with Crippen LogP contribution in [0, 0.1) is 17.8 Å². The van der Waals surface area contributed by atoms with E-state index in [9.17, 15) is 93.9 Å². The van der Waals surface area contributed by atoms with E-state index in [1.54, 1.807) is 20.8 Å². The van der Waals surface area contributed by atoms with Crippen LogP contribution >= 0.6 is 15.4 Å². The van der Waals surface area contributed by atoms with E-state index in [0.29, 0.717) is 51.4 Å². The van der Waals surface area contributed by atoms with Crippen LogP contribution in [0.5, 0.6) is 0 Å². The van der Waals surface area contributed by atoms with Crippen molar-refractivity contribution >= 4 is 50.5 Å². The average molecular weight is 1470 g/mol. The van der Waals surface area contributed by atoms with Crippen molar-refractivity contribution in [2.45, 2.75) is 230 Å². The first-order chi connectivity index (χ1) is 47.0. The zero-order valence-corrected chi connectivity index (χ0v) is 60.4. The fourth-order valence-corrected chi connectivity index (χ4v) is 12.7. The number of hydrogen-bond donors (Lipinski definition) is 11. The van der Waals surface area contributed by atoms with Gasteiger partial charge in [-0.15, -0.1) is 0 Å². The molecule has 0 aromatic heterocycles. The lowest BCUT2D eigenvalue weighted by Gasteiger charge is -2.40. The Labute approximate surface area is 581 Å². The van der Waals surface area contributed by atoms with Crippen LogP contribution in [-0.4, -0.2) is 311 Å². The number of rotatable bonds is 55. The van der Waals surface area contributed by atoms with Gasteiger partial charge in [0, 0.05) is 121 Å². The summed E-state index contributed by atoms with van der Waals surface area (Å²) in [7, 11) is -8.67. The van der Waals surface area contributed by atoms with Gasteiger partial charge in [-0.3, -0.25) is 42.4 Å². The van der Waals surface area contributed by atoms with Gasteiger partial charge in [-0.2, -0.15) is 0 Å². The molecule has 8 unspecified atom stereocenters. The molecule has 0 radical (unpaired) electrons. The molecule has 3 aliphatic heterocycles. The summed E-state index contributed by atoms with van der Waals surface area (Å²) in [5.74, 6) is -3.09. The highest BCUT2D eigenvalue weighted by molar-refractivity contribution is 7.53. The fraction of sp³-hybridized carbons (Fsp3) is 0.906. The van der Waals surface area contributed by atoms with Crippen LogP contribution in [0.2, 0.25) is 0 Å². The Bertz CT molecular complexity index is 2420. The first-order valence-electron chi connectivity index (χ1n) is 34.8. The number of ether oxygens (including phenoxy) is 7. The summed E-state index contributed by atoms with van der Waals surface area (Å²) < 4.78 is 87.8. The van der Waals surface area contributed by atoms with Crippen molar-refractivity contribution < 1.29 is 145 Å². The van der Waals surface area contributed by atoms with Crippen molar-refractivity contribution in [1.29, 1.82) is 0 Å². The van der Waals surface area contributed by atoms with Crippen molar-refractivity contribution in [2.24, 2.45) is 17.8 Å². The number of aliphatic hydroxyl groups is 10. The minimum Gasteiger partial charge on any atom is -0.395 e. The number of Topliss-reactive ketones (excluding diaryl/α,β-unsaturated/α-hetero) is 3. The molecule has 3 heterocycles. The second kappa shape index (κ2) is 48.9. The van der Waals surface area contributed by atoms with Crippen LogP contribution < -0.4 is 0 Å². The summed E-state index contributed by atoms with van der Waals surface area (Å²) in [5.41, 5.74) is 0. The Morgan fingerprint density at radius 3 is 0.960 bits per heavy atom. The van der Waals surface area contributed by atoms with Crippen molar-refractivity contribution in [2.75, 3.05) is 125 Å². The number of carbonyl (C=O) groups excluding carboxylic acids is 6. The molecule has 35 heteroatoms. The van der Waals surface area contributed by atoms with Gasteiger partial charge < -0.3 is 113 Å². The van der Waals surface area contributed by atoms with E-state index < -0.39 is 158 Å². The van der Waals surface area contributed by atoms with E-state index >= 15 is 0 Å². The summed E-state index contributed by atoms with van der Waals surface area (Å²) in [4.78, 5) is 93.0. The molecule has 3 fully saturated rings. The van der Waals surface area contributed by atoms with Gasteiger partial charge >= 0.3 is 15.4 Å². The quantitative estimate of drug-likeness (QED) is 0.0297. The molecule has 0 bridgehead atoms. The highest BCUT2D eigenvalue weighted by Gasteiger charge is 2.45. The van der Waals surface area contributed by atoms with Gasteiger partial charge in [0.1, 0.15) is 54.0 Å². The van der Waals surface area contributed by atoms with E-state index in [0.717, 1.165) is 0 Å². The zero-order valence-electron chi connectivity index (χ0n) is 58.6. The van der Waals surface area contributed by atoms with Crippen LogP contribution in [0.15, 0.2) is 0 Å². The molecule has 0 saturated carbocycles. The number of carbonyl (C=O) groups is 6. The van der Waals surface area contributed by atoms with Gasteiger partial charge in [-0.1, -0.05) is 20.8 Å². The Kier molecular flexibility index (Phi) is 44.6. The lowest BCUT2D eigenvalue weighted by atomic mass is 9.92. The molecule has 3 rings (SSSR count). The number of aliphatic hydroxyl groups excluding tert-OH is 10. The first kappa shape index (κ1) is 90.2. The minimum absolute atomic E-state index is 0.00124. The second-order valence-corrected chi connectivity index (χ2v) is 29.2. The largest absolute Gasteiger partial charge is 0.472 e. The van der Waals surface area contributed by atoms with Gasteiger partial charge in [-0.05, 0) is 71.6 Å². The number of phosphoric ester groups is 1. The molecule has 3 amide bonds. The van der Waals surface area contributed by atoms with Crippen molar-refractivity contribution in [3.63, 3.8) is 0 Å². The number of nitrogens with zero attached hydrogens (tertiary/aromatic N) is 3. The molecule has 99 heavy (non-hydrogen) atoms. The molecular formula is C64H117N3O30P2. The fourth-order valence-electron chi connectivity index (χ4n) is 11.1. The molecule has 578 valence electrons. The third-order valence-electron chi connectivity index (χ3n) is 17.3. The lowest BCUT2D eigenvalue weighted by molar-refractivity contribution is -0.282. The number of hydrogen-bond acceptors (Lipinski definition) is 29. The van der Waals surface area contributed by atoms with Crippen LogP contribution in [0.25, 0.3) is 0 Å². The third-order valence-corrected chi connectivity index (χ3v) is 19.7. The van der Waals surface area contributed by atoms with Gasteiger partial charge in [0.2, 0.25) is 17.7 Å². The summed E-state index contributed by atoms with van der Waals surface area (Å²) in [6.07, 6.45) is -8.91. The second-order valence-electron chi connectivity index (χ2n) is 25.7. The van der Waals surface area contributed by atoms with E-state index in [4.69, 9.17) is 51.3 Å². The zero-order chi connectivity index (χ0) is 73.7. The predicted molar refractivity (Wildman–Crippen MR) is 352 cm³/mol. The molecule has 0 aromatic rings. The van der Waals surface area contributed by atoms with E-state index in [1.165, 1.54) is 21.4 Å². The smallest absolute Gasteiger partial charge is 0.395 e. The molecule has 33 nitrogen and oxygen atoms in total. The molecule has 0 spiro atoms. The molecule has 0 aliphatic carbocycles. The lowest BCUT2D eigenvalue weighted by Crippen LogP contribution is -2.55. The van der Waals surface area contributed by atoms with Gasteiger partial charge in [0.05, 0.1) is 104 Å². The van der Waals surface area contributed by atoms with Crippen molar-refractivity contribution in [3.8, 4) is 0 Å². The number of ketones is 3. The Hall–Kier alpha value is -3.00. The maximum absolute atomic E-state index is 13.7. The van der Waals surface area contributed by atoms with Crippen LogP contribution in [0.4, 0.5) is 0 Å². The Morgan fingerprint density at radius 1 is 0.394 bits per heavy atom. The number of unbranched alkanes of at least 4 members (excludes halogenated alkanes) is 3. The SMILES string of the molecule is CC(C)OCCN(CCOP(C)(=O)OCCN(CCOP(=O)(O)OCCN(CCO)C(=O)CCCCC(=O)CCCO[C@@H]1OC(CO)[C@H](O)[C@H](O)C1C)C(=O)CCCCC(=O)CCCO[C@@H]1OC(CO)[C@H](O)[C@H](O)C1C)C(=O)CCCCC(=O)CCCO[C@@H]1OC(CO)[C@H](O)[C@H](O)C1C. The maximum atomic E-state index is 13.7. The summed E-state index contributed by atoms with van der Waals surface area (Å²) >= 11 is 0. The van der Waals surface area contributed by atoms with Gasteiger partial charge in [0.15, 0.2) is 18.9 Å². The van der Waals surface area contributed by atoms with Gasteiger partial charge in [0.25, 0.3) is 0 Å². The van der Waals surface area contributed by atoms with Crippen molar-refractivity contribution in [3.05, 3.63) is 0 Å². The maximum Gasteiger partial charge on any atom is 0.472 e. The third kappa shape index (κ3) is 34.6. The van der Waals surface area contributed by atoms with Crippen LogP contribution in [-0.2, 0) is 89.2 Å². The molecule has 3 saturated heterocycles. The number of amides is 3. The minimum atomic E-state index is -4.82. The molecular weight excluding hydrogens is 1350 g/mol. The summed E-state index contributed by atoms with van der Waals surface area (Å²) in [6, 6.07) is 0. The molecule has 17 atom stereocenters. The molecule has 11 N–H and O–H groups in total. The molecule has 3 aliphatic rings. The van der Waals surface area contributed by atoms with Crippen LogP contribution in [0.1, 0.15) is 150 Å². The Morgan fingerprint density at radius 2 is 0.667 bits per heavy atom. The summed E-state index contributed by atoms with van der Waals surface area (Å²) in [6.45, 7) is 6.20. The highest BCUT2D eigenvalue weighted by Crippen LogP contribution is 2.44. The van der Waals surface area contributed by atoms with E-state index in [-0.39, 0.29) is 172 Å². The van der Waals surface area contributed by atoms with E-state index in [1.807, 2.05) is 13.8 Å². The number of phosphoric acid groups is 1. The van der Waals surface area contributed by atoms with Crippen LogP contribution in [0.3, 0.4) is 0 Å². The molecule has 0 aromatic carbocycles. The average Bonchev–Trinajstić information content (AvgIpc) is 0.834. The standard InChI is InChI=1S/C64H117N3O30P2/c1-43(2)87-35-26-66(54(76)23-11-8-17-48(73)20-14-33-89-63-45(4)57(79)60(82)51(41-70)96-63)27-36-91-98(6,84)92-37-28-67(55(77)24-12-9-18-49(74)21-15-34-90-64-46(5)58(80)61(83)52(42-71)97-64)30-39-94-99(85,86)93-38-29-65(25-31-68)53(75)22-10-7-16-47(72)19-13-32-88-62-44(3)56(78)59(81)50(40-69)95-62/h43-46,50-52,56-64,68-71,78-83H,7-42H2,1-6H3,(H,85,86)/t44?,45?,46?,50?,51?,52?,56-,57-,58-,59+,60+,61+,62-,63-,64-,98?/m1/s1.